The number of halogens is 1. The number of ether oxygens (including phenoxy) is 1. The SMILES string of the molecule is NC1CC=CCN(c2nc(OCC3(CN4CCN(CC5CCN(Cc6ccc7c(c6)CN(C=O)C7)CC5)CC4)CC3)nc3c(F)c(-c4cc(O)cc5ccccc45)ncc23)C1. The zero-order chi connectivity index (χ0) is 41.5. The van der Waals surface area contributed by atoms with Crippen LogP contribution in [0.1, 0.15) is 48.8 Å². The molecule has 1 atom stereocenters. The third kappa shape index (κ3) is 8.66. The Balaban J connectivity index is 0.771. The lowest BCUT2D eigenvalue weighted by Crippen LogP contribution is -2.50. The third-order valence-corrected chi connectivity index (χ3v) is 13.7. The number of hydrogen-bond acceptors (Lipinski definition) is 11. The van der Waals surface area contributed by atoms with Crippen LogP contribution in [0.15, 0.2) is 72.9 Å². The van der Waals surface area contributed by atoms with Crippen molar-refractivity contribution in [3.05, 3.63) is 95.5 Å². The molecule has 0 radical (unpaired) electrons. The van der Waals surface area contributed by atoms with Crippen molar-refractivity contribution in [2.24, 2.45) is 17.1 Å². The Kier molecular flexibility index (Phi) is 11.1. The number of hydrogen-bond donors (Lipinski definition) is 2. The maximum absolute atomic E-state index is 16.9. The van der Waals surface area contributed by atoms with Gasteiger partial charge < -0.3 is 35.2 Å². The number of carbonyl (C=O) groups excluding carboxylic acids is 1. The summed E-state index contributed by atoms with van der Waals surface area (Å²) in [5, 5.41) is 12.7. The van der Waals surface area contributed by atoms with E-state index >= 15 is 4.39 Å². The van der Waals surface area contributed by atoms with Gasteiger partial charge in [-0.1, -0.05) is 54.6 Å². The molecule has 61 heavy (non-hydrogen) atoms. The Hall–Kier alpha value is -5.21. The molecule has 3 aromatic carbocycles. The van der Waals surface area contributed by atoms with E-state index in [0.717, 1.165) is 108 Å². The fourth-order valence-corrected chi connectivity index (χ4v) is 10.0. The summed E-state index contributed by atoms with van der Waals surface area (Å²) in [5.41, 5.74) is 11.2. The average Bonchev–Trinajstić information content (AvgIpc) is 3.97. The quantitative estimate of drug-likeness (QED) is 0.115. The first-order valence-electron chi connectivity index (χ1n) is 22.1. The number of likely N-dealkylation sites (tertiary alicyclic amines) is 1. The molecular weight excluding hydrogens is 770 g/mol. The van der Waals surface area contributed by atoms with E-state index in [0.29, 0.717) is 36.5 Å². The summed E-state index contributed by atoms with van der Waals surface area (Å²) in [6.45, 7) is 12.7. The zero-order valence-electron chi connectivity index (χ0n) is 34.9. The van der Waals surface area contributed by atoms with Crippen molar-refractivity contribution in [1.82, 2.24) is 34.6 Å². The van der Waals surface area contributed by atoms with E-state index in [-0.39, 0.29) is 34.4 Å². The number of piperazine rings is 1. The molecule has 2 saturated heterocycles. The van der Waals surface area contributed by atoms with E-state index in [1.54, 1.807) is 18.3 Å². The molecule has 3 N–H and O–H groups in total. The first-order valence-corrected chi connectivity index (χ1v) is 22.1. The van der Waals surface area contributed by atoms with Crippen molar-refractivity contribution in [3.63, 3.8) is 0 Å². The fraction of sp³-hybridized carbons (Fsp3) is 0.458. The molecule has 318 valence electrons. The topological polar surface area (TPSA) is 127 Å². The number of phenols is 1. The van der Waals surface area contributed by atoms with Crippen LogP contribution in [0.4, 0.5) is 10.2 Å². The first-order chi connectivity index (χ1) is 29.8. The van der Waals surface area contributed by atoms with Crippen molar-refractivity contribution in [2.75, 3.05) is 77.0 Å². The fourth-order valence-electron chi connectivity index (χ4n) is 10.0. The highest BCUT2D eigenvalue weighted by molar-refractivity contribution is 6.00. The second-order valence-electron chi connectivity index (χ2n) is 18.3. The number of aromatic hydroxyl groups is 1. The van der Waals surface area contributed by atoms with Crippen molar-refractivity contribution in [2.45, 2.75) is 57.8 Å². The van der Waals surface area contributed by atoms with Gasteiger partial charge in [-0.3, -0.25) is 14.7 Å². The molecule has 1 aliphatic carbocycles. The average molecular weight is 826 g/mol. The standard InChI is InChI=1S/C48H56FN9O3/c49-43-44(41-23-39(60)22-35-5-1-2-7-40(35)41)51-24-42-45(43)52-47(53-46(42)58-14-4-3-6-38(50)29-58)61-31-48(12-13-48)30-56-19-17-55(18-20-56)25-33-10-15-54(16-11-33)26-34-8-9-36-27-57(32-59)28-37(36)21-34/h1-5,7-9,21-24,32-33,38,60H,6,10-20,25-31,50H2. The molecule has 1 unspecified atom stereocenters. The molecule has 3 fully saturated rings. The van der Waals surface area contributed by atoms with Crippen LogP contribution in [-0.4, -0.2) is 124 Å². The number of piperidine rings is 1. The Morgan fingerprint density at radius 3 is 2.52 bits per heavy atom. The molecule has 5 aromatic rings. The second-order valence-corrected chi connectivity index (χ2v) is 18.3. The number of fused-ring (bicyclic) bond motifs is 3. The number of aromatic nitrogens is 3. The number of amides is 1. The Morgan fingerprint density at radius 1 is 0.902 bits per heavy atom. The minimum Gasteiger partial charge on any atom is -0.508 e. The lowest BCUT2D eigenvalue weighted by atomic mass is 9.95. The van der Waals surface area contributed by atoms with Gasteiger partial charge in [0.25, 0.3) is 0 Å². The molecule has 4 aliphatic heterocycles. The molecule has 0 spiro atoms. The molecule has 1 amide bonds. The van der Waals surface area contributed by atoms with Crippen LogP contribution in [0.3, 0.4) is 0 Å². The highest BCUT2D eigenvalue weighted by Crippen LogP contribution is 2.47. The van der Waals surface area contributed by atoms with Crippen LogP contribution < -0.4 is 15.4 Å². The van der Waals surface area contributed by atoms with Gasteiger partial charge in [0.15, 0.2) is 5.82 Å². The number of rotatable bonds is 12. The molecular formula is C48H56FN9O3. The Morgan fingerprint density at radius 2 is 1.70 bits per heavy atom. The van der Waals surface area contributed by atoms with E-state index < -0.39 is 5.82 Å². The zero-order valence-corrected chi connectivity index (χ0v) is 34.9. The van der Waals surface area contributed by atoms with Gasteiger partial charge in [0, 0.05) is 95.2 Å². The molecule has 12 nitrogen and oxygen atoms in total. The molecule has 2 aromatic heterocycles. The summed E-state index contributed by atoms with van der Waals surface area (Å²) in [6, 6.07) is 17.6. The maximum Gasteiger partial charge on any atom is 0.319 e. The lowest BCUT2D eigenvalue weighted by molar-refractivity contribution is -0.118. The van der Waals surface area contributed by atoms with E-state index in [1.807, 2.05) is 29.2 Å². The molecule has 5 aliphatic rings. The number of anilines is 1. The van der Waals surface area contributed by atoms with E-state index in [9.17, 15) is 9.90 Å². The van der Waals surface area contributed by atoms with E-state index in [1.165, 1.54) is 36.1 Å². The Bertz CT molecular complexity index is 2440. The third-order valence-electron chi connectivity index (χ3n) is 13.7. The van der Waals surface area contributed by atoms with Gasteiger partial charge in [-0.05, 0) is 90.7 Å². The van der Waals surface area contributed by atoms with E-state index in [4.69, 9.17) is 20.4 Å². The predicted octanol–water partition coefficient (Wildman–Crippen LogP) is 5.94. The molecule has 0 bridgehead atoms. The Labute approximate surface area is 356 Å². The van der Waals surface area contributed by atoms with Crippen molar-refractivity contribution >= 4 is 33.9 Å². The number of pyridine rings is 1. The molecule has 10 rings (SSSR count). The van der Waals surface area contributed by atoms with Crippen LogP contribution in [-0.2, 0) is 24.4 Å². The van der Waals surface area contributed by atoms with Crippen molar-refractivity contribution < 1.29 is 19.0 Å². The molecule has 13 heteroatoms. The van der Waals surface area contributed by atoms with Gasteiger partial charge in [0.2, 0.25) is 6.41 Å². The summed E-state index contributed by atoms with van der Waals surface area (Å²) >= 11 is 0. The smallest absolute Gasteiger partial charge is 0.319 e. The van der Waals surface area contributed by atoms with Gasteiger partial charge in [-0.25, -0.2) is 4.39 Å². The van der Waals surface area contributed by atoms with Crippen LogP contribution in [0, 0.1) is 17.2 Å². The van der Waals surface area contributed by atoms with Gasteiger partial charge in [0.05, 0.1) is 12.0 Å². The lowest BCUT2D eigenvalue weighted by Gasteiger charge is -2.39. The summed E-state index contributed by atoms with van der Waals surface area (Å²) in [4.78, 5) is 37.3. The minimum absolute atomic E-state index is 0.0241. The summed E-state index contributed by atoms with van der Waals surface area (Å²) < 4.78 is 23.3. The van der Waals surface area contributed by atoms with Gasteiger partial charge >= 0.3 is 6.01 Å². The van der Waals surface area contributed by atoms with Gasteiger partial charge in [-0.2, -0.15) is 9.97 Å². The summed E-state index contributed by atoms with van der Waals surface area (Å²) in [6.07, 6.45) is 12.1. The number of carbonyl (C=O) groups is 1. The number of nitrogens with two attached hydrogens (primary N) is 1. The predicted molar refractivity (Wildman–Crippen MR) is 236 cm³/mol. The van der Waals surface area contributed by atoms with Gasteiger partial charge in [-0.15, -0.1) is 0 Å². The second kappa shape index (κ2) is 16.9. The number of benzene rings is 3. The normalized spacial score (nSPS) is 21.2. The summed E-state index contributed by atoms with van der Waals surface area (Å²) in [5.74, 6) is 0.749. The first kappa shape index (κ1) is 39.9. The number of phenolic OH excluding ortho intramolecular Hbond substituents is 1. The van der Waals surface area contributed by atoms with E-state index in [2.05, 4.69) is 54.9 Å². The largest absolute Gasteiger partial charge is 0.508 e. The highest BCUT2D eigenvalue weighted by Gasteiger charge is 2.45. The van der Waals surface area contributed by atoms with Crippen molar-refractivity contribution in [3.8, 4) is 23.0 Å². The minimum atomic E-state index is -0.579. The maximum atomic E-state index is 16.9. The monoisotopic (exact) mass is 825 g/mol. The van der Waals surface area contributed by atoms with Crippen LogP contribution in [0.5, 0.6) is 11.8 Å². The number of nitrogens with zero attached hydrogens (tertiary/aromatic N) is 8. The highest BCUT2D eigenvalue weighted by atomic mass is 19.1. The summed E-state index contributed by atoms with van der Waals surface area (Å²) in [7, 11) is 0. The van der Waals surface area contributed by atoms with Crippen LogP contribution in [0.25, 0.3) is 32.9 Å². The van der Waals surface area contributed by atoms with Crippen LogP contribution >= 0.6 is 0 Å². The van der Waals surface area contributed by atoms with Gasteiger partial charge in [0.1, 0.15) is 22.8 Å². The van der Waals surface area contributed by atoms with Crippen LogP contribution in [0.2, 0.25) is 0 Å². The van der Waals surface area contributed by atoms with Crippen molar-refractivity contribution in [1.29, 1.82) is 0 Å². The molecule has 1 saturated carbocycles. The molecule has 6 heterocycles.